The second-order valence-electron chi connectivity index (χ2n) is 5.88. The number of carbonyl (C=O) groups excluding carboxylic acids is 1. The fourth-order valence-electron chi connectivity index (χ4n) is 2.57. The Morgan fingerprint density at radius 1 is 1.50 bits per heavy atom. The molecule has 4 heteroatoms. The normalized spacial score (nSPS) is 21.8. The molecule has 1 fully saturated rings. The van der Waals surface area contributed by atoms with Crippen molar-refractivity contribution in [2.75, 3.05) is 33.3 Å². The molecule has 4 nitrogen and oxygen atoms in total. The zero-order valence-corrected chi connectivity index (χ0v) is 12.6. The van der Waals surface area contributed by atoms with E-state index in [4.69, 9.17) is 4.74 Å². The molecule has 0 radical (unpaired) electrons. The van der Waals surface area contributed by atoms with Gasteiger partial charge in [-0.3, -0.25) is 4.79 Å². The third-order valence-electron chi connectivity index (χ3n) is 3.92. The van der Waals surface area contributed by atoms with Gasteiger partial charge in [-0.05, 0) is 44.5 Å². The molecule has 1 aliphatic rings. The molecule has 1 heterocycles. The summed E-state index contributed by atoms with van der Waals surface area (Å²) in [6.45, 7) is 6.91. The van der Waals surface area contributed by atoms with Crippen LogP contribution in [0.4, 0.5) is 0 Å². The van der Waals surface area contributed by atoms with E-state index in [1.165, 1.54) is 5.56 Å². The molecule has 1 aromatic carbocycles. The van der Waals surface area contributed by atoms with Crippen LogP contribution < -0.4 is 10.1 Å². The maximum atomic E-state index is 12.4. The van der Waals surface area contributed by atoms with Crippen molar-refractivity contribution in [2.45, 2.75) is 20.3 Å². The molecule has 1 aliphatic heterocycles. The highest BCUT2D eigenvalue weighted by molar-refractivity contribution is 5.82. The van der Waals surface area contributed by atoms with Gasteiger partial charge in [0.1, 0.15) is 12.4 Å². The van der Waals surface area contributed by atoms with E-state index < -0.39 is 0 Å². The van der Waals surface area contributed by atoms with Crippen LogP contribution in [0.2, 0.25) is 0 Å². The van der Waals surface area contributed by atoms with Crippen LogP contribution in [0.5, 0.6) is 5.75 Å². The number of nitrogens with one attached hydrogen (secondary N) is 1. The van der Waals surface area contributed by atoms with Gasteiger partial charge in [0.2, 0.25) is 5.91 Å². The number of ether oxygens (including phenoxy) is 1. The minimum atomic E-state index is -0.252. The van der Waals surface area contributed by atoms with Crippen LogP contribution in [0, 0.1) is 12.3 Å². The highest BCUT2D eigenvalue weighted by Gasteiger charge is 2.37. The maximum Gasteiger partial charge on any atom is 0.229 e. The van der Waals surface area contributed by atoms with Crippen LogP contribution in [0.3, 0.4) is 0 Å². The summed E-state index contributed by atoms with van der Waals surface area (Å²) in [7, 11) is 1.85. The highest BCUT2D eigenvalue weighted by Crippen LogP contribution is 2.26. The molecule has 2 rings (SSSR count). The molecular weight excluding hydrogens is 252 g/mol. The molecule has 0 aliphatic carbocycles. The third-order valence-corrected chi connectivity index (χ3v) is 3.92. The van der Waals surface area contributed by atoms with E-state index in [1.54, 1.807) is 4.90 Å². The standard InChI is InChI=1S/C16H24N2O2/c1-13-5-4-6-14(11-13)20-10-9-18(3)15(19)16(2)7-8-17-12-16/h4-6,11,17H,7-10,12H2,1-3H3. The van der Waals surface area contributed by atoms with Crippen molar-refractivity contribution in [3.05, 3.63) is 29.8 Å². The van der Waals surface area contributed by atoms with Crippen LogP contribution in [-0.4, -0.2) is 44.1 Å². The Kier molecular flexibility index (Phi) is 4.65. The highest BCUT2D eigenvalue weighted by atomic mass is 16.5. The largest absolute Gasteiger partial charge is 0.492 e. The molecule has 20 heavy (non-hydrogen) atoms. The molecule has 1 amide bonds. The summed E-state index contributed by atoms with van der Waals surface area (Å²) in [6, 6.07) is 7.96. The zero-order valence-electron chi connectivity index (χ0n) is 12.6. The van der Waals surface area contributed by atoms with Gasteiger partial charge >= 0.3 is 0 Å². The first-order valence-corrected chi connectivity index (χ1v) is 7.17. The Hall–Kier alpha value is -1.55. The number of aryl methyl sites for hydroxylation is 1. The van der Waals surface area contributed by atoms with Gasteiger partial charge in [0.25, 0.3) is 0 Å². The van der Waals surface area contributed by atoms with Crippen molar-refractivity contribution in [1.82, 2.24) is 10.2 Å². The monoisotopic (exact) mass is 276 g/mol. The van der Waals surface area contributed by atoms with Crippen LogP contribution in [0.15, 0.2) is 24.3 Å². The zero-order chi connectivity index (χ0) is 14.6. The Bertz CT molecular complexity index is 467. The van der Waals surface area contributed by atoms with Gasteiger partial charge in [-0.1, -0.05) is 12.1 Å². The molecule has 1 saturated heterocycles. The van der Waals surface area contributed by atoms with E-state index in [0.717, 1.165) is 25.3 Å². The van der Waals surface area contributed by atoms with Crippen molar-refractivity contribution in [3.8, 4) is 5.75 Å². The number of benzene rings is 1. The number of hydrogen-bond donors (Lipinski definition) is 1. The summed E-state index contributed by atoms with van der Waals surface area (Å²) in [6.07, 6.45) is 0.912. The number of hydrogen-bond acceptors (Lipinski definition) is 3. The minimum Gasteiger partial charge on any atom is -0.492 e. The fourth-order valence-corrected chi connectivity index (χ4v) is 2.57. The van der Waals surface area contributed by atoms with E-state index in [-0.39, 0.29) is 11.3 Å². The Labute approximate surface area is 121 Å². The van der Waals surface area contributed by atoms with Crippen LogP contribution >= 0.6 is 0 Å². The van der Waals surface area contributed by atoms with Crippen molar-refractivity contribution in [1.29, 1.82) is 0 Å². The van der Waals surface area contributed by atoms with Gasteiger partial charge in [0, 0.05) is 13.6 Å². The lowest BCUT2D eigenvalue weighted by Gasteiger charge is -2.28. The predicted molar refractivity (Wildman–Crippen MR) is 79.9 cm³/mol. The predicted octanol–water partition coefficient (Wildman–Crippen LogP) is 1.83. The Morgan fingerprint density at radius 3 is 2.95 bits per heavy atom. The smallest absolute Gasteiger partial charge is 0.229 e. The number of carbonyl (C=O) groups is 1. The van der Waals surface area contributed by atoms with Gasteiger partial charge < -0.3 is 15.0 Å². The van der Waals surface area contributed by atoms with Gasteiger partial charge in [0.15, 0.2) is 0 Å². The molecular formula is C16H24N2O2. The van der Waals surface area contributed by atoms with E-state index in [1.807, 2.05) is 45.2 Å². The first kappa shape index (κ1) is 14.9. The number of likely N-dealkylation sites (N-methyl/N-ethyl adjacent to an activating group) is 1. The van der Waals surface area contributed by atoms with E-state index in [2.05, 4.69) is 5.32 Å². The second-order valence-corrected chi connectivity index (χ2v) is 5.88. The summed E-state index contributed by atoms with van der Waals surface area (Å²) in [5.41, 5.74) is 0.925. The van der Waals surface area contributed by atoms with E-state index in [9.17, 15) is 4.79 Å². The van der Waals surface area contributed by atoms with Crippen molar-refractivity contribution in [3.63, 3.8) is 0 Å². The number of nitrogens with zero attached hydrogens (tertiary/aromatic N) is 1. The molecule has 0 saturated carbocycles. The van der Waals surface area contributed by atoms with Crippen LogP contribution in [0.1, 0.15) is 18.9 Å². The summed E-state index contributed by atoms with van der Waals surface area (Å²) in [5.74, 6) is 1.06. The lowest BCUT2D eigenvalue weighted by molar-refractivity contribution is -0.139. The second kappa shape index (κ2) is 6.27. The third kappa shape index (κ3) is 3.51. The number of amides is 1. The number of rotatable bonds is 5. The van der Waals surface area contributed by atoms with E-state index in [0.29, 0.717) is 13.2 Å². The topological polar surface area (TPSA) is 41.6 Å². The Balaban J connectivity index is 1.80. The SMILES string of the molecule is Cc1cccc(OCCN(C)C(=O)C2(C)CCNC2)c1. The van der Waals surface area contributed by atoms with Gasteiger partial charge in [0.05, 0.1) is 12.0 Å². The van der Waals surface area contributed by atoms with Crippen LogP contribution in [0.25, 0.3) is 0 Å². The molecule has 1 atom stereocenters. The minimum absolute atomic E-state index is 0.204. The first-order valence-electron chi connectivity index (χ1n) is 7.17. The van der Waals surface area contributed by atoms with Crippen LogP contribution in [-0.2, 0) is 4.79 Å². The van der Waals surface area contributed by atoms with Gasteiger partial charge in [-0.25, -0.2) is 0 Å². The average molecular weight is 276 g/mol. The average Bonchev–Trinajstić information content (AvgIpc) is 2.86. The lowest BCUT2D eigenvalue weighted by atomic mass is 9.88. The summed E-state index contributed by atoms with van der Waals surface area (Å²) in [5, 5.41) is 3.26. The molecule has 0 aromatic heterocycles. The van der Waals surface area contributed by atoms with Gasteiger partial charge in [-0.2, -0.15) is 0 Å². The lowest BCUT2D eigenvalue weighted by Crippen LogP contribution is -2.43. The summed E-state index contributed by atoms with van der Waals surface area (Å²) >= 11 is 0. The molecule has 0 bridgehead atoms. The molecule has 110 valence electrons. The van der Waals surface area contributed by atoms with Crippen molar-refractivity contribution >= 4 is 5.91 Å². The first-order chi connectivity index (χ1) is 9.51. The van der Waals surface area contributed by atoms with Crippen molar-refractivity contribution in [2.24, 2.45) is 5.41 Å². The molecule has 1 N–H and O–H groups in total. The van der Waals surface area contributed by atoms with Gasteiger partial charge in [-0.15, -0.1) is 0 Å². The quantitative estimate of drug-likeness (QED) is 0.892. The Morgan fingerprint density at radius 2 is 2.30 bits per heavy atom. The summed E-state index contributed by atoms with van der Waals surface area (Å²) in [4.78, 5) is 14.2. The molecule has 1 unspecified atom stereocenters. The fraction of sp³-hybridized carbons (Fsp3) is 0.562. The van der Waals surface area contributed by atoms with Crippen molar-refractivity contribution < 1.29 is 9.53 Å². The maximum absolute atomic E-state index is 12.4. The molecule has 1 aromatic rings. The molecule has 0 spiro atoms. The van der Waals surface area contributed by atoms with E-state index >= 15 is 0 Å². The summed E-state index contributed by atoms with van der Waals surface area (Å²) < 4.78 is 5.69.